The van der Waals surface area contributed by atoms with E-state index in [4.69, 9.17) is 18.5 Å². The van der Waals surface area contributed by atoms with Gasteiger partial charge in [-0.05, 0) is 58.4 Å². The Bertz CT molecular complexity index is 1100. The number of likely N-dealkylation sites (N-methyl/N-ethyl adjacent to an activating group) is 1. The van der Waals surface area contributed by atoms with Crippen LogP contribution in [-0.4, -0.2) is 56.3 Å². The Balaban J connectivity index is 4.41. The molecule has 0 heterocycles. The number of phosphoric acid groups is 1. The van der Waals surface area contributed by atoms with E-state index < -0.39 is 32.5 Å². The number of esters is 2. The van der Waals surface area contributed by atoms with Gasteiger partial charge in [-0.15, -0.1) is 0 Å². The van der Waals surface area contributed by atoms with E-state index in [1.54, 1.807) is 7.05 Å². The third-order valence-electron chi connectivity index (χ3n) is 8.10. The summed E-state index contributed by atoms with van der Waals surface area (Å²) in [4.78, 5) is 34.9. The molecule has 0 bridgehead atoms. The third kappa shape index (κ3) is 39.0. The van der Waals surface area contributed by atoms with E-state index in [0.29, 0.717) is 13.0 Å². The molecule has 0 spiro atoms. The van der Waals surface area contributed by atoms with Gasteiger partial charge < -0.3 is 19.7 Å². The van der Waals surface area contributed by atoms with Gasteiger partial charge in [-0.25, -0.2) is 4.57 Å². The number of unbranched alkanes of at least 4 members (excludes halogenated alkanes) is 11. The number of carbonyl (C=O) groups is 2. The lowest BCUT2D eigenvalue weighted by Gasteiger charge is -2.19. The summed E-state index contributed by atoms with van der Waals surface area (Å²) in [5, 5.41) is 2.81. The van der Waals surface area contributed by atoms with Crippen molar-refractivity contribution in [1.82, 2.24) is 5.32 Å². The lowest BCUT2D eigenvalue weighted by molar-refractivity contribution is -0.161. The van der Waals surface area contributed by atoms with E-state index in [-0.39, 0.29) is 26.1 Å². The van der Waals surface area contributed by atoms with Crippen LogP contribution in [0.25, 0.3) is 0 Å². The first-order chi connectivity index (χ1) is 25.8. The number of nitrogens with one attached hydrogen (secondary N) is 1. The van der Waals surface area contributed by atoms with Gasteiger partial charge in [-0.2, -0.15) is 0 Å². The van der Waals surface area contributed by atoms with Crippen molar-refractivity contribution in [1.29, 1.82) is 0 Å². The fourth-order valence-electron chi connectivity index (χ4n) is 5.05. The lowest BCUT2D eigenvalue weighted by Crippen LogP contribution is -2.29. The Kier molecular flexibility index (Phi) is 37.3. The molecule has 0 rings (SSSR count). The zero-order valence-corrected chi connectivity index (χ0v) is 34.3. The summed E-state index contributed by atoms with van der Waals surface area (Å²) in [7, 11) is -2.68. The number of phosphoric ester groups is 1. The van der Waals surface area contributed by atoms with Crippen LogP contribution in [-0.2, 0) is 32.7 Å². The Morgan fingerprint density at radius 2 is 1.08 bits per heavy atom. The van der Waals surface area contributed by atoms with Crippen LogP contribution in [0.2, 0.25) is 0 Å². The van der Waals surface area contributed by atoms with Gasteiger partial charge in [0.25, 0.3) is 0 Å². The molecule has 0 fully saturated rings. The van der Waals surface area contributed by atoms with Crippen LogP contribution in [0, 0.1) is 0 Å². The normalized spacial score (nSPS) is 14.1. The van der Waals surface area contributed by atoms with Crippen molar-refractivity contribution < 1.29 is 37.6 Å². The van der Waals surface area contributed by atoms with Crippen molar-refractivity contribution in [2.75, 3.05) is 33.4 Å². The zero-order valence-electron chi connectivity index (χ0n) is 33.4. The Morgan fingerprint density at radius 1 is 0.604 bits per heavy atom. The second-order valence-electron chi connectivity index (χ2n) is 13.1. The average molecular weight is 764 g/mol. The molecule has 0 aromatic heterocycles. The molecule has 2 unspecified atom stereocenters. The number of ether oxygens (including phenoxy) is 2. The standard InChI is InChI=1S/C43H74NO8P/c1-4-6-8-10-12-14-16-18-19-20-21-22-23-24-26-28-30-32-34-36-43(46)52-41(40-51-53(47,48)50-38-37-44-3)39-49-42(45)35-33-31-29-27-25-17-15-13-11-9-7-5-2/h6,8,12,14,18-19,21-22,24,26,30,32,41,44H,4-5,7,9-11,13,15-17,20,23,25,27-29,31,33-40H2,1-3H3,(H,47,48)/b8-6-,14-12-,19-18-,22-21-,26-24-,32-30-. The molecule has 304 valence electrons. The molecular formula is C43H74NO8P. The molecule has 0 radical (unpaired) electrons. The average Bonchev–Trinajstić information content (AvgIpc) is 3.14. The number of hydrogen-bond acceptors (Lipinski definition) is 8. The van der Waals surface area contributed by atoms with Gasteiger partial charge in [0.15, 0.2) is 6.10 Å². The fraction of sp³-hybridized carbons (Fsp3) is 0.674. The zero-order chi connectivity index (χ0) is 38.9. The second kappa shape index (κ2) is 39.2. The summed E-state index contributed by atoms with van der Waals surface area (Å²) in [5.74, 6) is -0.910. The number of carbonyl (C=O) groups excluding carboxylic acids is 2. The van der Waals surface area contributed by atoms with Crippen molar-refractivity contribution in [3.05, 3.63) is 72.9 Å². The molecule has 10 heteroatoms. The highest BCUT2D eigenvalue weighted by molar-refractivity contribution is 7.47. The molecule has 0 saturated heterocycles. The van der Waals surface area contributed by atoms with Crippen LogP contribution < -0.4 is 5.32 Å². The predicted molar refractivity (Wildman–Crippen MR) is 220 cm³/mol. The Hall–Kier alpha value is -2.55. The van der Waals surface area contributed by atoms with Gasteiger partial charge >= 0.3 is 19.8 Å². The number of rotatable bonds is 37. The molecule has 0 aliphatic rings. The van der Waals surface area contributed by atoms with Gasteiger partial charge in [-0.3, -0.25) is 18.6 Å². The molecule has 0 aromatic carbocycles. The summed E-state index contributed by atoms with van der Waals surface area (Å²) < 4.78 is 33.0. The second-order valence-corrected chi connectivity index (χ2v) is 14.5. The van der Waals surface area contributed by atoms with E-state index in [1.165, 1.54) is 57.8 Å². The molecule has 2 N–H and O–H groups in total. The third-order valence-corrected chi connectivity index (χ3v) is 9.09. The summed E-state index contributed by atoms with van der Waals surface area (Å²) in [6, 6.07) is 0. The van der Waals surface area contributed by atoms with Gasteiger partial charge in [0, 0.05) is 19.4 Å². The maximum absolute atomic E-state index is 12.6. The van der Waals surface area contributed by atoms with E-state index in [2.05, 4.69) is 79.9 Å². The quantitative estimate of drug-likeness (QED) is 0.0276. The molecule has 0 saturated carbocycles. The van der Waals surface area contributed by atoms with Crippen molar-refractivity contribution in [3.8, 4) is 0 Å². The van der Waals surface area contributed by atoms with Gasteiger partial charge in [0.2, 0.25) is 0 Å². The predicted octanol–water partition coefficient (Wildman–Crippen LogP) is 11.4. The van der Waals surface area contributed by atoms with Crippen molar-refractivity contribution in [2.45, 2.75) is 155 Å². The summed E-state index contributed by atoms with van der Waals surface area (Å²) in [5.41, 5.74) is 0. The molecular weight excluding hydrogens is 689 g/mol. The molecule has 0 aliphatic carbocycles. The number of allylic oxidation sites excluding steroid dienone is 12. The molecule has 0 aliphatic heterocycles. The molecule has 0 amide bonds. The van der Waals surface area contributed by atoms with Crippen LogP contribution in [0.1, 0.15) is 149 Å². The van der Waals surface area contributed by atoms with Crippen molar-refractivity contribution in [2.24, 2.45) is 0 Å². The van der Waals surface area contributed by atoms with E-state index >= 15 is 0 Å². The van der Waals surface area contributed by atoms with Gasteiger partial charge in [-0.1, -0.05) is 157 Å². The largest absolute Gasteiger partial charge is 0.472 e. The van der Waals surface area contributed by atoms with E-state index in [9.17, 15) is 19.0 Å². The van der Waals surface area contributed by atoms with Crippen LogP contribution >= 0.6 is 7.82 Å². The SMILES string of the molecule is CC/C=C\C/C=C\C/C=C\C/C=C\C/C=C\C/C=C\CCC(=O)OC(COC(=O)CCCCCCCCCCCCCC)COP(=O)(O)OCCNC. The Labute approximate surface area is 323 Å². The first-order valence-corrected chi connectivity index (χ1v) is 21.9. The minimum Gasteiger partial charge on any atom is -0.462 e. The smallest absolute Gasteiger partial charge is 0.462 e. The maximum Gasteiger partial charge on any atom is 0.472 e. The van der Waals surface area contributed by atoms with Gasteiger partial charge in [0.1, 0.15) is 6.61 Å². The van der Waals surface area contributed by atoms with Crippen LogP contribution in [0.15, 0.2) is 72.9 Å². The first-order valence-electron chi connectivity index (χ1n) is 20.4. The topological polar surface area (TPSA) is 120 Å². The van der Waals surface area contributed by atoms with E-state index in [1.807, 2.05) is 12.2 Å². The summed E-state index contributed by atoms with van der Waals surface area (Å²) in [6.07, 6.45) is 45.3. The highest BCUT2D eigenvalue weighted by atomic mass is 31.2. The highest BCUT2D eigenvalue weighted by Crippen LogP contribution is 2.43. The highest BCUT2D eigenvalue weighted by Gasteiger charge is 2.26. The molecule has 2 atom stereocenters. The van der Waals surface area contributed by atoms with Crippen LogP contribution in [0.3, 0.4) is 0 Å². The van der Waals surface area contributed by atoms with E-state index in [0.717, 1.165) is 57.8 Å². The summed E-state index contributed by atoms with van der Waals surface area (Å²) >= 11 is 0. The molecule has 9 nitrogen and oxygen atoms in total. The van der Waals surface area contributed by atoms with Crippen LogP contribution in [0.5, 0.6) is 0 Å². The molecule has 53 heavy (non-hydrogen) atoms. The lowest BCUT2D eigenvalue weighted by atomic mass is 10.0. The molecule has 0 aromatic rings. The van der Waals surface area contributed by atoms with Crippen molar-refractivity contribution in [3.63, 3.8) is 0 Å². The maximum atomic E-state index is 12.6. The van der Waals surface area contributed by atoms with Crippen LogP contribution in [0.4, 0.5) is 0 Å². The summed E-state index contributed by atoms with van der Waals surface area (Å²) in [6.45, 7) is 4.00. The fourth-order valence-corrected chi connectivity index (χ4v) is 5.80. The van der Waals surface area contributed by atoms with Gasteiger partial charge in [0.05, 0.1) is 13.2 Å². The monoisotopic (exact) mass is 764 g/mol. The van der Waals surface area contributed by atoms with Crippen molar-refractivity contribution >= 4 is 19.8 Å². The minimum atomic E-state index is -4.37. The Morgan fingerprint density at radius 3 is 1.57 bits per heavy atom. The minimum absolute atomic E-state index is 0.0330. The number of hydrogen-bond donors (Lipinski definition) is 2. The first kappa shape index (κ1) is 50.5.